The molecule has 198 valence electrons. The minimum absolute atomic E-state index is 0.0396. The Morgan fingerprint density at radius 3 is 2.35 bits per heavy atom. The summed E-state index contributed by atoms with van der Waals surface area (Å²) < 4.78 is 83.6. The van der Waals surface area contributed by atoms with Gasteiger partial charge in [-0.3, -0.25) is 9.36 Å². The molecule has 0 saturated carbocycles. The maximum Gasteiger partial charge on any atom is 0.419 e. The summed E-state index contributed by atoms with van der Waals surface area (Å²) in [6, 6.07) is 4.38. The number of nitrogens with zero attached hydrogens (tertiary/aromatic N) is 4. The van der Waals surface area contributed by atoms with Crippen LogP contribution in [0.25, 0.3) is 5.69 Å². The fourth-order valence-electron chi connectivity index (χ4n) is 3.80. The van der Waals surface area contributed by atoms with Crippen molar-refractivity contribution in [2.75, 3.05) is 23.7 Å². The predicted octanol–water partition coefficient (Wildman–Crippen LogP) is 4.28. The Morgan fingerprint density at radius 2 is 1.78 bits per heavy atom. The molecule has 0 spiro atoms. The van der Waals surface area contributed by atoms with Gasteiger partial charge in [-0.15, -0.1) is 0 Å². The monoisotopic (exact) mass is 560 g/mol. The molecule has 0 unspecified atom stereocenters. The maximum atomic E-state index is 14.7. The van der Waals surface area contributed by atoms with Gasteiger partial charge in [-0.2, -0.15) is 13.2 Å². The average Bonchev–Trinajstić information content (AvgIpc) is 2.86. The molecule has 0 N–H and O–H groups in total. The highest BCUT2D eigenvalue weighted by atomic mass is 35.5. The predicted molar refractivity (Wildman–Crippen MR) is 128 cm³/mol. The number of alkyl halides is 3. The molecule has 4 rings (SSSR count). The molecule has 1 aliphatic heterocycles. The van der Waals surface area contributed by atoms with Crippen molar-refractivity contribution in [1.29, 1.82) is 0 Å². The van der Waals surface area contributed by atoms with Crippen molar-refractivity contribution < 1.29 is 30.7 Å². The van der Waals surface area contributed by atoms with Crippen LogP contribution < -0.4 is 15.2 Å². The maximum absolute atomic E-state index is 14.7. The summed E-state index contributed by atoms with van der Waals surface area (Å²) in [6.45, 7) is 2.25. The molecule has 8 nitrogen and oxygen atoms in total. The second-order valence-electron chi connectivity index (χ2n) is 8.28. The van der Waals surface area contributed by atoms with Gasteiger partial charge in [-0.05, 0) is 18.2 Å². The van der Waals surface area contributed by atoms with E-state index in [-0.39, 0.29) is 39.2 Å². The molecule has 0 aliphatic carbocycles. The smallest absolute Gasteiger partial charge is 0.419 e. The van der Waals surface area contributed by atoms with Crippen molar-refractivity contribution in [1.82, 2.24) is 14.5 Å². The lowest BCUT2D eigenvalue weighted by Crippen LogP contribution is -2.39. The first-order valence-corrected chi connectivity index (χ1v) is 13.2. The van der Waals surface area contributed by atoms with Crippen molar-refractivity contribution in [3.05, 3.63) is 69.6 Å². The number of hydrogen-bond acceptors (Lipinski definition) is 7. The highest BCUT2D eigenvalue weighted by molar-refractivity contribution is 7.91. The number of anilines is 1. The highest BCUT2D eigenvalue weighted by Crippen LogP contribution is 2.30. The number of halogens is 5. The Balaban J connectivity index is 1.45. The van der Waals surface area contributed by atoms with E-state index in [0.717, 1.165) is 29.1 Å². The molecule has 0 atom stereocenters. The first kappa shape index (κ1) is 26.9. The SMILES string of the molecule is CCS(=O)(=O)c1ccc(-n2cc(Cl)c(OC3CCN(c4ncc(C(F)(F)F)cn4)CC3)cc2=O)c(F)c1. The molecule has 2 aromatic heterocycles. The van der Waals surface area contributed by atoms with Crippen LogP contribution in [0.2, 0.25) is 5.02 Å². The Bertz CT molecular complexity index is 1460. The number of aromatic nitrogens is 3. The van der Waals surface area contributed by atoms with Crippen LogP contribution in [0, 0.1) is 5.82 Å². The molecular weight excluding hydrogens is 540 g/mol. The lowest BCUT2D eigenvalue weighted by Gasteiger charge is -2.32. The van der Waals surface area contributed by atoms with Crippen LogP contribution in [-0.2, 0) is 16.0 Å². The molecule has 14 heteroatoms. The van der Waals surface area contributed by atoms with Crippen molar-refractivity contribution in [3.63, 3.8) is 0 Å². The zero-order valence-electron chi connectivity index (χ0n) is 19.4. The van der Waals surface area contributed by atoms with Gasteiger partial charge in [0.25, 0.3) is 5.56 Å². The molecular formula is C23H21ClF4N4O4S. The third-order valence-corrected chi connectivity index (χ3v) is 7.89. The first-order chi connectivity index (χ1) is 17.4. The van der Waals surface area contributed by atoms with Crippen LogP contribution in [0.15, 0.2) is 52.5 Å². The van der Waals surface area contributed by atoms with Gasteiger partial charge in [0.1, 0.15) is 17.7 Å². The summed E-state index contributed by atoms with van der Waals surface area (Å²) in [5.41, 5.74) is -1.74. The Morgan fingerprint density at radius 1 is 1.14 bits per heavy atom. The molecule has 3 aromatic rings. The van der Waals surface area contributed by atoms with Gasteiger partial charge in [0, 0.05) is 50.6 Å². The summed E-state index contributed by atoms with van der Waals surface area (Å²) in [7, 11) is -3.62. The van der Waals surface area contributed by atoms with Crippen molar-refractivity contribution in [3.8, 4) is 11.4 Å². The summed E-state index contributed by atoms with van der Waals surface area (Å²) in [5.74, 6) is -0.830. The normalized spacial score (nSPS) is 15.1. The summed E-state index contributed by atoms with van der Waals surface area (Å²) in [5, 5.41) is 0.0396. The second-order valence-corrected chi connectivity index (χ2v) is 11.0. The van der Waals surface area contributed by atoms with E-state index in [0.29, 0.717) is 25.9 Å². The lowest BCUT2D eigenvalue weighted by atomic mass is 10.1. The Labute approximate surface area is 214 Å². The van der Waals surface area contributed by atoms with E-state index in [4.69, 9.17) is 16.3 Å². The molecule has 1 aliphatic rings. The largest absolute Gasteiger partial charge is 0.488 e. The number of piperidine rings is 1. The number of hydrogen-bond donors (Lipinski definition) is 0. The van der Waals surface area contributed by atoms with Gasteiger partial charge < -0.3 is 9.64 Å². The van der Waals surface area contributed by atoms with Gasteiger partial charge in [-0.1, -0.05) is 18.5 Å². The van der Waals surface area contributed by atoms with Crippen LogP contribution in [0.4, 0.5) is 23.5 Å². The molecule has 37 heavy (non-hydrogen) atoms. The third-order valence-electron chi connectivity index (χ3n) is 5.87. The molecule has 0 radical (unpaired) electrons. The van der Waals surface area contributed by atoms with Crippen LogP contribution in [0.5, 0.6) is 5.75 Å². The van der Waals surface area contributed by atoms with Crippen LogP contribution >= 0.6 is 11.6 Å². The minimum Gasteiger partial charge on any atom is -0.488 e. The van der Waals surface area contributed by atoms with E-state index in [2.05, 4.69) is 9.97 Å². The number of ether oxygens (including phenoxy) is 1. The van der Waals surface area contributed by atoms with Gasteiger partial charge in [-0.25, -0.2) is 22.8 Å². The summed E-state index contributed by atoms with van der Waals surface area (Å²) in [6.07, 6.45) is -1.27. The first-order valence-electron chi connectivity index (χ1n) is 11.1. The molecule has 1 saturated heterocycles. The van der Waals surface area contributed by atoms with Crippen molar-refractivity contribution in [2.45, 2.75) is 36.9 Å². The Kier molecular flexibility index (Phi) is 7.47. The number of pyridine rings is 1. The standard InChI is InChI=1S/C23H21ClF4N4O4S/c1-2-37(34,35)16-3-4-19(18(25)9-16)32-13-17(24)20(10-21(32)33)36-15-5-7-31(8-6-15)22-29-11-14(12-30-22)23(26,27)28/h3-4,9-13,15H,2,5-8H2,1H3. The third kappa shape index (κ3) is 5.87. The van der Waals surface area contributed by atoms with Crippen molar-refractivity contribution in [2.24, 2.45) is 0 Å². The number of sulfone groups is 1. The van der Waals surface area contributed by atoms with Gasteiger partial charge in [0.15, 0.2) is 9.84 Å². The van der Waals surface area contributed by atoms with E-state index in [1.54, 1.807) is 4.90 Å². The molecule has 1 fully saturated rings. The number of benzene rings is 1. The van der Waals surface area contributed by atoms with E-state index in [1.807, 2.05) is 0 Å². The number of rotatable bonds is 6. The highest BCUT2D eigenvalue weighted by Gasteiger charge is 2.32. The van der Waals surface area contributed by atoms with Gasteiger partial charge in [0.05, 0.1) is 26.9 Å². The van der Waals surface area contributed by atoms with Gasteiger partial charge in [0.2, 0.25) is 5.95 Å². The fraction of sp³-hybridized carbons (Fsp3) is 0.348. The van der Waals surface area contributed by atoms with E-state index < -0.39 is 33.0 Å². The summed E-state index contributed by atoms with van der Waals surface area (Å²) >= 11 is 6.30. The van der Waals surface area contributed by atoms with Crippen LogP contribution in [-0.4, -0.2) is 47.9 Å². The van der Waals surface area contributed by atoms with Crippen LogP contribution in [0.3, 0.4) is 0 Å². The quantitative estimate of drug-likeness (QED) is 0.415. The van der Waals surface area contributed by atoms with Crippen LogP contribution in [0.1, 0.15) is 25.3 Å². The van der Waals surface area contributed by atoms with E-state index >= 15 is 0 Å². The molecule has 3 heterocycles. The summed E-state index contributed by atoms with van der Waals surface area (Å²) in [4.78, 5) is 21.8. The van der Waals surface area contributed by atoms with E-state index in [9.17, 15) is 30.8 Å². The fourth-order valence-corrected chi connectivity index (χ4v) is 4.89. The average molecular weight is 561 g/mol. The minimum atomic E-state index is -4.52. The van der Waals surface area contributed by atoms with Gasteiger partial charge >= 0.3 is 6.18 Å². The van der Waals surface area contributed by atoms with E-state index in [1.165, 1.54) is 25.3 Å². The molecule has 0 amide bonds. The topological polar surface area (TPSA) is 94.4 Å². The molecule has 0 bridgehead atoms. The lowest BCUT2D eigenvalue weighted by molar-refractivity contribution is -0.138. The Hall–Kier alpha value is -3.19. The van der Waals surface area contributed by atoms with Crippen molar-refractivity contribution >= 4 is 27.4 Å². The zero-order chi connectivity index (χ0) is 27.0. The second kappa shape index (κ2) is 10.3. The zero-order valence-corrected chi connectivity index (χ0v) is 20.9. The molecule has 1 aromatic carbocycles.